The van der Waals surface area contributed by atoms with Crippen molar-refractivity contribution >= 4 is 11.8 Å². The Morgan fingerprint density at radius 2 is 1.86 bits per heavy atom. The highest BCUT2D eigenvalue weighted by atomic mass is 32.2. The number of nitrogens with one attached hydrogen (secondary N) is 1. The van der Waals surface area contributed by atoms with Crippen molar-refractivity contribution in [2.45, 2.75) is 71.3 Å². The molecule has 1 saturated carbocycles. The molecule has 0 amide bonds. The molecular weight excluding hydrogens is 295 g/mol. The first-order chi connectivity index (χ1) is 9.65. The Morgan fingerprint density at radius 3 is 2.43 bits per heavy atom. The molecule has 3 unspecified atom stereocenters. The van der Waals surface area contributed by atoms with E-state index in [0.717, 1.165) is 31.7 Å². The molecule has 1 aliphatic rings. The highest BCUT2D eigenvalue weighted by molar-refractivity contribution is 8.00. The van der Waals surface area contributed by atoms with Crippen LogP contribution in [0.5, 0.6) is 0 Å². The predicted molar refractivity (Wildman–Crippen MR) is 85.5 cm³/mol. The van der Waals surface area contributed by atoms with Crippen LogP contribution in [0, 0.1) is 17.3 Å². The van der Waals surface area contributed by atoms with Gasteiger partial charge in [-0.15, -0.1) is 0 Å². The molecule has 0 aromatic heterocycles. The summed E-state index contributed by atoms with van der Waals surface area (Å²) in [4.78, 5) is 0. The molecule has 3 atom stereocenters. The minimum atomic E-state index is -4.10. The maximum Gasteiger partial charge on any atom is 0.441 e. The molecule has 0 aromatic rings. The second-order valence-electron chi connectivity index (χ2n) is 7.12. The zero-order valence-electron chi connectivity index (χ0n) is 13.7. The van der Waals surface area contributed by atoms with Gasteiger partial charge in [0.05, 0.1) is 0 Å². The Labute approximate surface area is 131 Å². The Balaban J connectivity index is 2.59. The fourth-order valence-corrected chi connectivity index (χ4v) is 4.35. The molecule has 21 heavy (non-hydrogen) atoms. The second kappa shape index (κ2) is 8.09. The summed E-state index contributed by atoms with van der Waals surface area (Å²) in [5.41, 5.74) is -4.14. The third kappa shape index (κ3) is 6.81. The lowest BCUT2D eigenvalue weighted by Gasteiger charge is -2.45. The third-order valence-corrected chi connectivity index (χ3v) is 5.52. The third-order valence-electron chi connectivity index (χ3n) is 4.78. The SMILES string of the molecule is CCCNC1CC(C)CCC1C(C)(C)CCSC(F)(F)F. The van der Waals surface area contributed by atoms with E-state index in [2.05, 4.69) is 33.0 Å². The number of thioether (sulfide) groups is 1. The highest BCUT2D eigenvalue weighted by Crippen LogP contribution is 2.44. The van der Waals surface area contributed by atoms with Gasteiger partial charge in [0.2, 0.25) is 0 Å². The fourth-order valence-electron chi connectivity index (χ4n) is 3.49. The van der Waals surface area contributed by atoms with E-state index in [-0.39, 0.29) is 22.9 Å². The number of rotatable bonds is 7. The standard InChI is InChI=1S/C16H30F3NS/c1-5-9-20-14-11-12(2)6-7-13(14)15(3,4)8-10-21-16(17,18)19/h12-14,20H,5-11H2,1-4H3. The molecular formula is C16H30F3NS. The van der Waals surface area contributed by atoms with Crippen molar-refractivity contribution in [1.82, 2.24) is 5.32 Å². The van der Waals surface area contributed by atoms with Gasteiger partial charge < -0.3 is 5.32 Å². The maximum absolute atomic E-state index is 12.3. The Bertz CT molecular complexity index is 304. The van der Waals surface area contributed by atoms with Crippen LogP contribution in [0.1, 0.15) is 59.8 Å². The largest absolute Gasteiger partial charge is 0.441 e. The van der Waals surface area contributed by atoms with Crippen molar-refractivity contribution in [3.8, 4) is 0 Å². The average Bonchev–Trinajstić information content (AvgIpc) is 2.34. The summed E-state index contributed by atoms with van der Waals surface area (Å²) < 4.78 is 37.0. The average molecular weight is 325 g/mol. The van der Waals surface area contributed by atoms with E-state index in [1.165, 1.54) is 6.42 Å². The van der Waals surface area contributed by atoms with Crippen LogP contribution in [0.4, 0.5) is 13.2 Å². The molecule has 5 heteroatoms. The van der Waals surface area contributed by atoms with Gasteiger partial charge in [-0.1, -0.05) is 45.9 Å². The molecule has 126 valence electrons. The summed E-state index contributed by atoms with van der Waals surface area (Å²) >= 11 is 0.124. The van der Waals surface area contributed by atoms with E-state index in [4.69, 9.17) is 0 Å². The van der Waals surface area contributed by atoms with Crippen molar-refractivity contribution in [3.05, 3.63) is 0 Å². The molecule has 0 bridgehead atoms. The number of hydrogen-bond donors (Lipinski definition) is 1. The van der Waals surface area contributed by atoms with Gasteiger partial charge in [-0.2, -0.15) is 13.2 Å². The lowest BCUT2D eigenvalue weighted by atomic mass is 9.65. The van der Waals surface area contributed by atoms with E-state index in [1.54, 1.807) is 0 Å². The maximum atomic E-state index is 12.3. The van der Waals surface area contributed by atoms with Gasteiger partial charge >= 0.3 is 5.51 Å². The first-order valence-electron chi connectivity index (χ1n) is 8.09. The van der Waals surface area contributed by atoms with Crippen LogP contribution in [-0.4, -0.2) is 23.8 Å². The molecule has 0 heterocycles. The van der Waals surface area contributed by atoms with Crippen molar-refractivity contribution in [3.63, 3.8) is 0 Å². The normalized spacial score (nSPS) is 27.9. The van der Waals surface area contributed by atoms with Crippen LogP contribution in [-0.2, 0) is 0 Å². The smallest absolute Gasteiger partial charge is 0.314 e. The topological polar surface area (TPSA) is 12.0 Å². The molecule has 1 fully saturated rings. The molecule has 1 aliphatic carbocycles. The molecule has 1 N–H and O–H groups in total. The van der Waals surface area contributed by atoms with Crippen LogP contribution < -0.4 is 5.32 Å². The van der Waals surface area contributed by atoms with Crippen molar-refractivity contribution in [1.29, 1.82) is 0 Å². The minimum absolute atomic E-state index is 0.0379. The Hall–Kier alpha value is 0.100. The van der Waals surface area contributed by atoms with Crippen LogP contribution in [0.15, 0.2) is 0 Å². The van der Waals surface area contributed by atoms with Crippen molar-refractivity contribution < 1.29 is 13.2 Å². The van der Waals surface area contributed by atoms with E-state index in [1.807, 2.05) is 0 Å². The molecule has 0 aromatic carbocycles. The first kappa shape index (κ1) is 19.1. The number of alkyl halides is 3. The first-order valence-corrected chi connectivity index (χ1v) is 9.08. The minimum Gasteiger partial charge on any atom is -0.314 e. The van der Waals surface area contributed by atoms with Gasteiger partial charge in [0.25, 0.3) is 0 Å². The van der Waals surface area contributed by atoms with E-state index in [9.17, 15) is 13.2 Å². The zero-order chi connectivity index (χ0) is 16.1. The molecule has 0 radical (unpaired) electrons. The monoisotopic (exact) mass is 325 g/mol. The molecule has 1 nitrogen and oxygen atoms in total. The summed E-state index contributed by atoms with van der Waals surface area (Å²) in [5, 5.41) is 3.64. The number of halogens is 3. The molecule has 0 aliphatic heterocycles. The molecule has 0 spiro atoms. The molecule has 1 rings (SSSR count). The Morgan fingerprint density at radius 1 is 1.19 bits per heavy atom. The van der Waals surface area contributed by atoms with Crippen LogP contribution >= 0.6 is 11.8 Å². The highest BCUT2D eigenvalue weighted by Gasteiger charge is 2.39. The van der Waals surface area contributed by atoms with E-state index in [0.29, 0.717) is 18.4 Å². The van der Waals surface area contributed by atoms with E-state index < -0.39 is 5.51 Å². The summed E-state index contributed by atoms with van der Waals surface area (Å²) in [6.07, 6.45) is 5.21. The summed E-state index contributed by atoms with van der Waals surface area (Å²) in [6.45, 7) is 9.72. The van der Waals surface area contributed by atoms with Crippen molar-refractivity contribution in [2.75, 3.05) is 12.3 Å². The lowest BCUT2D eigenvalue weighted by Crippen LogP contribution is -2.47. The van der Waals surface area contributed by atoms with Gasteiger partial charge in [-0.25, -0.2) is 0 Å². The van der Waals surface area contributed by atoms with Gasteiger partial charge in [-0.05, 0) is 49.5 Å². The quantitative estimate of drug-likeness (QED) is 0.667. The van der Waals surface area contributed by atoms with Gasteiger partial charge in [0.1, 0.15) is 0 Å². The summed E-state index contributed by atoms with van der Waals surface area (Å²) in [6, 6.07) is 0.458. The van der Waals surface area contributed by atoms with Crippen molar-refractivity contribution in [2.24, 2.45) is 17.3 Å². The van der Waals surface area contributed by atoms with Gasteiger partial charge in [0.15, 0.2) is 0 Å². The summed E-state index contributed by atoms with van der Waals surface area (Å²) in [7, 11) is 0. The molecule has 0 saturated heterocycles. The second-order valence-corrected chi connectivity index (χ2v) is 8.28. The van der Waals surface area contributed by atoms with Crippen LogP contribution in [0.25, 0.3) is 0 Å². The van der Waals surface area contributed by atoms with Crippen LogP contribution in [0.2, 0.25) is 0 Å². The number of hydrogen-bond acceptors (Lipinski definition) is 2. The van der Waals surface area contributed by atoms with Gasteiger partial charge in [-0.3, -0.25) is 0 Å². The predicted octanol–water partition coefficient (Wildman–Crippen LogP) is 5.46. The Kier molecular flexibility index (Phi) is 7.38. The lowest BCUT2D eigenvalue weighted by molar-refractivity contribution is -0.0330. The van der Waals surface area contributed by atoms with E-state index >= 15 is 0 Å². The summed E-state index contributed by atoms with van der Waals surface area (Å²) in [5.74, 6) is 1.37. The van der Waals surface area contributed by atoms with Gasteiger partial charge in [0, 0.05) is 11.8 Å². The van der Waals surface area contributed by atoms with Crippen LogP contribution in [0.3, 0.4) is 0 Å². The zero-order valence-corrected chi connectivity index (χ0v) is 14.5. The fraction of sp³-hybridized carbons (Fsp3) is 1.00.